The number of benzene rings is 1. The summed E-state index contributed by atoms with van der Waals surface area (Å²) in [6.07, 6.45) is 9.11. The van der Waals surface area contributed by atoms with Crippen LogP contribution in [-0.2, 0) is 6.42 Å². The Hall–Kier alpha value is -2.64. The highest BCUT2D eigenvalue weighted by Gasteiger charge is 2.20. The van der Waals surface area contributed by atoms with Crippen LogP contribution in [-0.4, -0.2) is 52.4 Å². The third-order valence-corrected chi connectivity index (χ3v) is 7.18. The van der Waals surface area contributed by atoms with Gasteiger partial charge in [0.25, 0.3) is 0 Å². The van der Waals surface area contributed by atoms with Crippen molar-refractivity contribution in [3.05, 3.63) is 69.5 Å². The van der Waals surface area contributed by atoms with Gasteiger partial charge in [0.1, 0.15) is 5.75 Å². The number of ether oxygens (including phenoxy) is 1. The number of aromatic carboxylic acids is 1. The van der Waals surface area contributed by atoms with E-state index in [1.165, 1.54) is 31.7 Å². The maximum absolute atomic E-state index is 13.6. The number of aryl methyl sites for hydroxylation is 1. The number of rotatable bonds is 16. The maximum atomic E-state index is 13.6. The fraction of sp³-hybridized carbons (Fsp3) is 0.467. The molecule has 1 aromatic carbocycles. The number of carbonyl (C=O) groups is 2. The first-order chi connectivity index (χ1) is 17.9. The van der Waals surface area contributed by atoms with Crippen LogP contribution in [0, 0.1) is 0 Å². The molecule has 0 atom stereocenters. The Bertz CT molecular complexity index is 1200. The van der Waals surface area contributed by atoms with E-state index in [1.807, 2.05) is 18.2 Å². The number of fused-ring (bicyclic) bond motifs is 1. The second-order valence-corrected chi connectivity index (χ2v) is 10.4. The van der Waals surface area contributed by atoms with Gasteiger partial charge in [-0.15, -0.1) is 0 Å². The van der Waals surface area contributed by atoms with Crippen LogP contribution in [0.5, 0.6) is 5.75 Å². The Morgan fingerprint density at radius 1 is 0.919 bits per heavy atom. The molecular formula is C30H39BrN2O4. The summed E-state index contributed by atoms with van der Waals surface area (Å²) in [6.45, 7) is 10.5. The zero-order valence-electron chi connectivity index (χ0n) is 22.3. The molecule has 0 fully saturated rings. The molecule has 0 amide bonds. The first-order valence-electron chi connectivity index (χ1n) is 13.5. The van der Waals surface area contributed by atoms with Gasteiger partial charge >= 0.3 is 5.97 Å². The summed E-state index contributed by atoms with van der Waals surface area (Å²) in [5, 5.41) is 9.34. The first-order valence-corrected chi connectivity index (χ1v) is 14.3. The summed E-state index contributed by atoms with van der Waals surface area (Å²) < 4.78 is 8.58. The first kappa shape index (κ1) is 28.9. The minimum Gasteiger partial charge on any atom is -0.492 e. The van der Waals surface area contributed by atoms with E-state index in [0.717, 1.165) is 54.7 Å². The Morgan fingerprint density at radius 2 is 1.62 bits per heavy atom. The molecule has 0 radical (unpaired) electrons. The molecule has 0 saturated heterocycles. The topological polar surface area (TPSA) is 71.2 Å². The number of hydrogen-bond donors (Lipinski definition) is 1. The highest BCUT2D eigenvalue weighted by Crippen LogP contribution is 2.29. The molecule has 37 heavy (non-hydrogen) atoms. The summed E-state index contributed by atoms with van der Waals surface area (Å²) in [6, 6.07) is 10.5. The van der Waals surface area contributed by atoms with Crippen molar-refractivity contribution in [3.63, 3.8) is 0 Å². The molecule has 1 N–H and O–H groups in total. The Labute approximate surface area is 228 Å². The molecule has 2 aromatic heterocycles. The lowest BCUT2D eigenvalue weighted by atomic mass is 10.0. The lowest BCUT2D eigenvalue weighted by molar-refractivity contribution is 0.0696. The standard InChI is InChI=1S/C30H39BrN2O4/c1-4-7-14-32(15-8-5-2)16-9-18-37-27-12-11-23(21-26(27)31)29(34)28-22(10-6-3)19-25-20-24(30(35)36)13-17-33(25)28/h11-13,17,19-21H,4-10,14-16,18H2,1-3H3,(H,35,36). The summed E-state index contributed by atoms with van der Waals surface area (Å²) in [7, 11) is 0. The molecule has 0 aliphatic rings. The number of pyridine rings is 1. The van der Waals surface area contributed by atoms with E-state index in [4.69, 9.17) is 4.74 Å². The maximum Gasteiger partial charge on any atom is 0.335 e. The van der Waals surface area contributed by atoms with Gasteiger partial charge in [-0.2, -0.15) is 0 Å². The summed E-state index contributed by atoms with van der Waals surface area (Å²) in [5.74, 6) is -0.353. The molecule has 2 heterocycles. The smallest absolute Gasteiger partial charge is 0.335 e. The average Bonchev–Trinajstić information content (AvgIpc) is 3.25. The molecule has 0 spiro atoms. The molecule has 0 saturated carbocycles. The molecular weight excluding hydrogens is 532 g/mol. The van der Waals surface area contributed by atoms with Crippen molar-refractivity contribution in [2.45, 2.75) is 65.7 Å². The molecule has 0 unspecified atom stereocenters. The monoisotopic (exact) mass is 570 g/mol. The van der Waals surface area contributed by atoms with E-state index in [9.17, 15) is 14.7 Å². The number of hydrogen-bond acceptors (Lipinski definition) is 4. The third kappa shape index (κ3) is 7.68. The zero-order chi connectivity index (χ0) is 26.8. The van der Waals surface area contributed by atoms with Crippen LogP contribution < -0.4 is 4.74 Å². The molecule has 0 bridgehead atoms. The Kier molecular flexibility index (Phi) is 11.2. The van der Waals surface area contributed by atoms with Crippen LogP contribution in [0.1, 0.15) is 91.3 Å². The van der Waals surface area contributed by atoms with E-state index in [0.29, 0.717) is 23.4 Å². The second-order valence-electron chi connectivity index (χ2n) is 9.51. The van der Waals surface area contributed by atoms with Gasteiger partial charge < -0.3 is 19.1 Å². The Balaban J connectivity index is 1.71. The van der Waals surface area contributed by atoms with Crippen LogP contribution in [0.4, 0.5) is 0 Å². The van der Waals surface area contributed by atoms with Gasteiger partial charge in [0, 0.05) is 23.8 Å². The largest absolute Gasteiger partial charge is 0.492 e. The molecule has 200 valence electrons. The zero-order valence-corrected chi connectivity index (χ0v) is 23.8. The predicted octanol–water partition coefficient (Wildman–Crippen LogP) is 7.25. The average molecular weight is 572 g/mol. The van der Waals surface area contributed by atoms with Crippen molar-refractivity contribution in [1.29, 1.82) is 0 Å². The number of carboxylic acids is 1. The molecule has 3 rings (SSSR count). The highest BCUT2D eigenvalue weighted by molar-refractivity contribution is 9.10. The van der Waals surface area contributed by atoms with Gasteiger partial charge in [0.2, 0.25) is 5.78 Å². The third-order valence-electron chi connectivity index (χ3n) is 6.56. The minimum absolute atomic E-state index is 0.0961. The van der Waals surface area contributed by atoms with Crippen LogP contribution in [0.25, 0.3) is 5.52 Å². The number of unbranched alkanes of at least 4 members (excludes halogenated alkanes) is 2. The number of halogens is 1. The van der Waals surface area contributed by atoms with E-state index in [-0.39, 0.29) is 11.3 Å². The Morgan fingerprint density at radius 3 is 2.24 bits per heavy atom. The highest BCUT2D eigenvalue weighted by atomic mass is 79.9. The van der Waals surface area contributed by atoms with Crippen LogP contribution >= 0.6 is 15.9 Å². The van der Waals surface area contributed by atoms with Crippen LogP contribution in [0.3, 0.4) is 0 Å². The molecule has 0 aliphatic carbocycles. The second kappa shape index (κ2) is 14.3. The van der Waals surface area contributed by atoms with Gasteiger partial charge in [-0.1, -0.05) is 40.0 Å². The van der Waals surface area contributed by atoms with E-state index in [1.54, 1.807) is 22.7 Å². The minimum atomic E-state index is -0.984. The SMILES string of the molecule is CCCCN(CCCC)CCCOc1ccc(C(=O)c2c(CCC)cc3cc(C(=O)O)ccn23)cc1Br. The molecule has 7 heteroatoms. The van der Waals surface area contributed by atoms with Gasteiger partial charge in [-0.25, -0.2) is 4.79 Å². The van der Waals surface area contributed by atoms with E-state index in [2.05, 4.69) is 41.6 Å². The summed E-state index contributed by atoms with van der Waals surface area (Å²) in [5.41, 5.74) is 2.97. The van der Waals surface area contributed by atoms with E-state index >= 15 is 0 Å². The quantitative estimate of drug-likeness (QED) is 0.145. The van der Waals surface area contributed by atoms with Gasteiger partial charge in [0.05, 0.1) is 22.3 Å². The fourth-order valence-electron chi connectivity index (χ4n) is 4.55. The van der Waals surface area contributed by atoms with Crippen LogP contribution in [0.15, 0.2) is 47.1 Å². The number of carbonyl (C=O) groups excluding carboxylic acids is 1. The number of aromatic nitrogens is 1. The lowest BCUT2D eigenvalue weighted by Gasteiger charge is -2.22. The van der Waals surface area contributed by atoms with Crippen LogP contribution in [0.2, 0.25) is 0 Å². The number of ketones is 1. The van der Waals surface area contributed by atoms with Crippen molar-refractivity contribution < 1.29 is 19.4 Å². The predicted molar refractivity (Wildman–Crippen MR) is 152 cm³/mol. The van der Waals surface area contributed by atoms with Crippen molar-refractivity contribution in [2.24, 2.45) is 0 Å². The van der Waals surface area contributed by atoms with Gasteiger partial charge in [-0.05, 0) is 96.7 Å². The lowest BCUT2D eigenvalue weighted by Crippen LogP contribution is -2.28. The summed E-state index contributed by atoms with van der Waals surface area (Å²) in [4.78, 5) is 27.5. The van der Waals surface area contributed by atoms with Crippen molar-refractivity contribution in [3.8, 4) is 5.75 Å². The molecule has 3 aromatic rings. The van der Waals surface area contributed by atoms with Crippen molar-refractivity contribution in [1.82, 2.24) is 9.30 Å². The van der Waals surface area contributed by atoms with Gasteiger partial charge in [-0.3, -0.25) is 4.79 Å². The van der Waals surface area contributed by atoms with Gasteiger partial charge in [0.15, 0.2) is 0 Å². The normalized spacial score (nSPS) is 11.4. The molecule has 6 nitrogen and oxygen atoms in total. The number of carboxylic acid groups (broad SMARTS) is 1. The van der Waals surface area contributed by atoms with Crippen molar-refractivity contribution in [2.75, 3.05) is 26.2 Å². The number of nitrogens with zero attached hydrogens (tertiary/aromatic N) is 2. The molecule has 0 aliphatic heterocycles. The summed E-state index contributed by atoms with van der Waals surface area (Å²) >= 11 is 3.59. The van der Waals surface area contributed by atoms with E-state index < -0.39 is 5.97 Å². The fourth-order valence-corrected chi connectivity index (χ4v) is 5.04. The van der Waals surface area contributed by atoms with Crippen molar-refractivity contribution >= 4 is 33.2 Å².